The molecule has 0 radical (unpaired) electrons. The van der Waals surface area contributed by atoms with Crippen molar-refractivity contribution in [1.82, 2.24) is 5.32 Å². The molecule has 2 atom stereocenters. The highest BCUT2D eigenvalue weighted by atomic mass is 19.1. The van der Waals surface area contributed by atoms with Crippen LogP contribution in [0, 0.1) is 24.6 Å². The summed E-state index contributed by atoms with van der Waals surface area (Å²) in [7, 11) is 0. The van der Waals surface area contributed by atoms with Crippen molar-refractivity contribution in [3.63, 3.8) is 0 Å². The van der Waals surface area contributed by atoms with E-state index >= 15 is 0 Å². The SMILES string of the molecule is Cc1ccc(N2CC3CNCC3C2)c(F)c1. The molecular weight excluding hydrogens is 203 g/mol. The maximum atomic E-state index is 13.8. The van der Waals surface area contributed by atoms with E-state index in [0.29, 0.717) is 11.8 Å². The maximum Gasteiger partial charge on any atom is 0.146 e. The van der Waals surface area contributed by atoms with Crippen LogP contribution in [0.2, 0.25) is 0 Å². The Hall–Kier alpha value is -1.09. The van der Waals surface area contributed by atoms with Gasteiger partial charge in [0, 0.05) is 26.2 Å². The van der Waals surface area contributed by atoms with Gasteiger partial charge in [0.15, 0.2) is 0 Å². The molecule has 3 rings (SSSR count). The Kier molecular flexibility index (Phi) is 2.36. The molecule has 2 heterocycles. The molecule has 2 nitrogen and oxygen atoms in total. The molecule has 2 fully saturated rings. The standard InChI is InChI=1S/C13H17FN2/c1-9-2-3-13(12(14)4-9)16-7-10-5-15-6-11(10)8-16/h2-4,10-11,15H,5-8H2,1H3. The fourth-order valence-corrected chi connectivity index (χ4v) is 2.92. The Balaban J connectivity index is 1.83. The Labute approximate surface area is 95.4 Å². The topological polar surface area (TPSA) is 15.3 Å². The number of fused-ring (bicyclic) bond motifs is 1. The molecule has 0 saturated carbocycles. The van der Waals surface area contributed by atoms with Gasteiger partial charge in [0.1, 0.15) is 5.82 Å². The lowest BCUT2D eigenvalue weighted by Crippen LogP contribution is -2.26. The predicted molar refractivity (Wildman–Crippen MR) is 63.2 cm³/mol. The van der Waals surface area contributed by atoms with Crippen molar-refractivity contribution < 1.29 is 4.39 Å². The zero-order valence-corrected chi connectivity index (χ0v) is 9.54. The first-order valence-electron chi connectivity index (χ1n) is 5.96. The molecule has 0 aromatic heterocycles. The van der Waals surface area contributed by atoms with Crippen LogP contribution in [0.4, 0.5) is 10.1 Å². The third-order valence-corrected chi connectivity index (χ3v) is 3.83. The highest BCUT2D eigenvalue weighted by Gasteiger charge is 2.36. The van der Waals surface area contributed by atoms with Crippen LogP contribution < -0.4 is 10.2 Å². The fourth-order valence-electron chi connectivity index (χ4n) is 2.92. The zero-order chi connectivity index (χ0) is 11.1. The van der Waals surface area contributed by atoms with E-state index in [4.69, 9.17) is 0 Å². The van der Waals surface area contributed by atoms with Crippen LogP contribution in [0.3, 0.4) is 0 Å². The van der Waals surface area contributed by atoms with Crippen LogP contribution in [0.5, 0.6) is 0 Å². The number of benzene rings is 1. The first kappa shape index (κ1) is 10.1. The van der Waals surface area contributed by atoms with Gasteiger partial charge in [-0.15, -0.1) is 0 Å². The van der Waals surface area contributed by atoms with Gasteiger partial charge in [-0.05, 0) is 36.5 Å². The molecule has 1 N–H and O–H groups in total. The molecule has 2 saturated heterocycles. The zero-order valence-electron chi connectivity index (χ0n) is 9.54. The van der Waals surface area contributed by atoms with Gasteiger partial charge < -0.3 is 10.2 Å². The second kappa shape index (κ2) is 3.74. The van der Waals surface area contributed by atoms with E-state index in [2.05, 4.69) is 10.2 Å². The van der Waals surface area contributed by atoms with E-state index in [0.717, 1.165) is 37.4 Å². The molecule has 0 amide bonds. The predicted octanol–water partition coefficient (Wildman–Crippen LogP) is 1.79. The number of nitrogens with zero attached hydrogens (tertiary/aromatic N) is 1. The first-order chi connectivity index (χ1) is 7.74. The number of hydrogen-bond acceptors (Lipinski definition) is 2. The van der Waals surface area contributed by atoms with Gasteiger partial charge >= 0.3 is 0 Å². The van der Waals surface area contributed by atoms with E-state index < -0.39 is 0 Å². The average Bonchev–Trinajstić information content (AvgIpc) is 2.76. The smallest absolute Gasteiger partial charge is 0.146 e. The number of anilines is 1. The summed E-state index contributed by atoms with van der Waals surface area (Å²) in [5.41, 5.74) is 1.77. The highest BCUT2D eigenvalue weighted by molar-refractivity contribution is 5.50. The Morgan fingerprint density at radius 1 is 1.25 bits per heavy atom. The summed E-state index contributed by atoms with van der Waals surface area (Å²) in [5.74, 6) is 1.34. The van der Waals surface area contributed by atoms with E-state index in [-0.39, 0.29) is 5.82 Å². The molecule has 1 aromatic carbocycles. The molecule has 0 spiro atoms. The Morgan fingerprint density at radius 2 is 1.94 bits per heavy atom. The largest absolute Gasteiger partial charge is 0.368 e. The molecule has 0 bridgehead atoms. The molecule has 2 aliphatic rings. The number of nitrogens with one attached hydrogen (secondary N) is 1. The van der Waals surface area contributed by atoms with Crippen molar-refractivity contribution in [3.05, 3.63) is 29.6 Å². The summed E-state index contributed by atoms with van der Waals surface area (Å²) < 4.78 is 13.8. The van der Waals surface area contributed by atoms with Crippen LogP contribution in [0.15, 0.2) is 18.2 Å². The molecule has 1 aromatic rings. The summed E-state index contributed by atoms with van der Waals surface area (Å²) in [6.07, 6.45) is 0. The molecule has 0 aliphatic carbocycles. The van der Waals surface area contributed by atoms with Gasteiger partial charge in [-0.2, -0.15) is 0 Å². The third-order valence-electron chi connectivity index (χ3n) is 3.83. The minimum atomic E-state index is -0.0760. The average molecular weight is 220 g/mol. The molecular formula is C13H17FN2. The van der Waals surface area contributed by atoms with E-state index in [9.17, 15) is 4.39 Å². The Bertz CT molecular complexity index is 393. The van der Waals surface area contributed by atoms with Gasteiger partial charge in [0.25, 0.3) is 0 Å². The number of halogens is 1. The van der Waals surface area contributed by atoms with E-state index in [1.807, 2.05) is 19.1 Å². The maximum absolute atomic E-state index is 13.8. The normalized spacial score (nSPS) is 28.5. The summed E-state index contributed by atoms with van der Waals surface area (Å²) in [4.78, 5) is 2.20. The molecule has 2 aliphatic heterocycles. The van der Waals surface area contributed by atoms with Crippen molar-refractivity contribution in [2.75, 3.05) is 31.1 Å². The molecule has 86 valence electrons. The molecule has 16 heavy (non-hydrogen) atoms. The summed E-state index contributed by atoms with van der Waals surface area (Å²) in [6.45, 7) is 6.11. The Morgan fingerprint density at radius 3 is 2.56 bits per heavy atom. The summed E-state index contributed by atoms with van der Waals surface area (Å²) in [5, 5.41) is 3.40. The summed E-state index contributed by atoms with van der Waals surface area (Å²) >= 11 is 0. The third kappa shape index (κ3) is 1.59. The minimum absolute atomic E-state index is 0.0760. The van der Waals surface area contributed by atoms with Gasteiger partial charge in [0.2, 0.25) is 0 Å². The van der Waals surface area contributed by atoms with Crippen molar-refractivity contribution in [2.45, 2.75) is 6.92 Å². The second-order valence-corrected chi connectivity index (χ2v) is 5.04. The monoisotopic (exact) mass is 220 g/mol. The lowest BCUT2D eigenvalue weighted by molar-refractivity contribution is 0.533. The van der Waals surface area contributed by atoms with E-state index in [1.54, 1.807) is 6.07 Å². The highest BCUT2D eigenvalue weighted by Crippen LogP contribution is 2.31. The van der Waals surface area contributed by atoms with Crippen LogP contribution in [0.1, 0.15) is 5.56 Å². The van der Waals surface area contributed by atoms with Crippen molar-refractivity contribution in [2.24, 2.45) is 11.8 Å². The quantitative estimate of drug-likeness (QED) is 0.776. The minimum Gasteiger partial charge on any atom is -0.368 e. The first-order valence-corrected chi connectivity index (χ1v) is 5.96. The van der Waals surface area contributed by atoms with Crippen LogP contribution in [-0.2, 0) is 0 Å². The number of aryl methyl sites for hydroxylation is 1. The van der Waals surface area contributed by atoms with E-state index in [1.165, 1.54) is 0 Å². The van der Waals surface area contributed by atoms with Crippen LogP contribution in [-0.4, -0.2) is 26.2 Å². The lowest BCUT2D eigenvalue weighted by Gasteiger charge is -2.20. The van der Waals surface area contributed by atoms with Crippen LogP contribution in [0.25, 0.3) is 0 Å². The van der Waals surface area contributed by atoms with Crippen molar-refractivity contribution >= 4 is 5.69 Å². The van der Waals surface area contributed by atoms with Crippen molar-refractivity contribution in [1.29, 1.82) is 0 Å². The summed E-state index contributed by atoms with van der Waals surface area (Å²) in [6, 6.07) is 5.53. The molecule has 3 heteroatoms. The van der Waals surface area contributed by atoms with Gasteiger partial charge in [0.05, 0.1) is 5.69 Å². The second-order valence-electron chi connectivity index (χ2n) is 5.04. The lowest BCUT2D eigenvalue weighted by atomic mass is 10.0. The number of rotatable bonds is 1. The number of hydrogen-bond donors (Lipinski definition) is 1. The molecule has 2 unspecified atom stereocenters. The van der Waals surface area contributed by atoms with Crippen LogP contribution >= 0.6 is 0 Å². The van der Waals surface area contributed by atoms with Gasteiger partial charge in [-0.25, -0.2) is 4.39 Å². The van der Waals surface area contributed by atoms with Gasteiger partial charge in [-0.3, -0.25) is 0 Å². The fraction of sp³-hybridized carbons (Fsp3) is 0.538. The van der Waals surface area contributed by atoms with Crippen molar-refractivity contribution in [3.8, 4) is 0 Å². The van der Waals surface area contributed by atoms with Gasteiger partial charge in [-0.1, -0.05) is 6.07 Å².